The fourth-order valence-electron chi connectivity index (χ4n) is 1.49. The molecule has 0 saturated carbocycles. The van der Waals surface area contributed by atoms with Crippen molar-refractivity contribution in [2.75, 3.05) is 0 Å². The Morgan fingerprint density at radius 2 is 1.39 bits per heavy atom. The van der Waals surface area contributed by atoms with Gasteiger partial charge in [-0.05, 0) is 6.08 Å². The summed E-state index contributed by atoms with van der Waals surface area (Å²) < 4.78 is 0. The van der Waals surface area contributed by atoms with Crippen molar-refractivity contribution in [2.24, 2.45) is 0 Å². The molecule has 3 rings (SSSR count). The van der Waals surface area contributed by atoms with Crippen LogP contribution >= 0.6 is 0 Å². The molecule has 2 amide bonds. The molecule has 0 spiro atoms. The van der Waals surface area contributed by atoms with Crippen LogP contribution in [0, 0.1) is 12.8 Å². The van der Waals surface area contributed by atoms with Gasteiger partial charge in [-0.2, -0.15) is 0 Å². The van der Waals surface area contributed by atoms with Gasteiger partial charge in [-0.25, -0.2) is 4.90 Å². The van der Waals surface area contributed by atoms with E-state index in [1.165, 1.54) is 12.2 Å². The number of imide groups is 1. The van der Waals surface area contributed by atoms with Crippen LogP contribution in [0.5, 0.6) is 0 Å². The molecule has 1 aliphatic heterocycles. The minimum Gasteiger partial charge on any atom is -0.269 e. The van der Waals surface area contributed by atoms with E-state index < -0.39 is 0 Å². The number of allylic oxidation sites excluding steroid dienone is 7. The predicted molar refractivity (Wildman–Crippen MR) is 65.1 cm³/mol. The number of hydrogen-bond acceptors (Lipinski definition) is 2. The van der Waals surface area contributed by atoms with Crippen molar-refractivity contribution in [3.8, 4) is 0 Å². The van der Waals surface area contributed by atoms with Crippen LogP contribution in [-0.4, -0.2) is 16.7 Å². The van der Waals surface area contributed by atoms with Crippen LogP contribution in [0.15, 0.2) is 60.4 Å². The minimum atomic E-state index is -0.272. The fourth-order valence-corrected chi connectivity index (χ4v) is 1.49. The van der Waals surface area contributed by atoms with Gasteiger partial charge in [-0.1, -0.05) is 36.5 Å². The molecule has 0 unspecified atom stereocenters. The van der Waals surface area contributed by atoms with E-state index in [0.29, 0.717) is 5.70 Å². The monoisotopic (exact) mass is 281 g/mol. The molecule has 0 aromatic carbocycles. The molecule has 0 fully saturated rings. The third-order valence-corrected chi connectivity index (χ3v) is 2.27. The topological polar surface area (TPSA) is 37.4 Å². The predicted octanol–water partition coefficient (Wildman–Crippen LogP) is 1.88. The molecule has 2 aliphatic carbocycles. The van der Waals surface area contributed by atoms with Crippen LogP contribution in [-0.2, 0) is 26.7 Å². The van der Waals surface area contributed by atoms with Gasteiger partial charge < -0.3 is 0 Å². The summed E-state index contributed by atoms with van der Waals surface area (Å²) in [5.41, 5.74) is 0.634. The van der Waals surface area contributed by atoms with Crippen LogP contribution in [0.25, 0.3) is 0 Å². The molecule has 0 saturated heterocycles. The van der Waals surface area contributed by atoms with Crippen molar-refractivity contribution in [1.29, 1.82) is 0 Å². The third kappa shape index (κ3) is 3.42. The van der Waals surface area contributed by atoms with E-state index in [-0.39, 0.29) is 28.9 Å². The number of nitrogens with zero attached hydrogens (tertiary/aromatic N) is 1. The van der Waals surface area contributed by atoms with Crippen molar-refractivity contribution in [2.45, 2.75) is 0 Å². The van der Waals surface area contributed by atoms with E-state index in [1.807, 2.05) is 30.7 Å². The van der Waals surface area contributed by atoms with E-state index in [9.17, 15) is 9.59 Å². The Morgan fingerprint density at radius 3 is 1.78 bits per heavy atom. The van der Waals surface area contributed by atoms with Gasteiger partial charge in [0.25, 0.3) is 11.8 Å². The van der Waals surface area contributed by atoms with E-state index in [2.05, 4.69) is 0 Å². The van der Waals surface area contributed by atoms with E-state index >= 15 is 0 Å². The Morgan fingerprint density at radius 1 is 0.778 bits per heavy atom. The van der Waals surface area contributed by atoms with Gasteiger partial charge in [0.05, 0.1) is 0 Å². The molecule has 0 bridgehead atoms. The smallest absolute Gasteiger partial charge is 0.257 e. The average Bonchev–Trinajstić information content (AvgIpc) is 3.02. The first-order chi connectivity index (χ1) is 8.29. The van der Waals surface area contributed by atoms with Gasteiger partial charge in [-0.3, -0.25) is 9.59 Å². The Kier molecular flexibility index (Phi) is 5.56. The summed E-state index contributed by atoms with van der Waals surface area (Å²) in [6.07, 6.45) is 19.6. The zero-order valence-electron chi connectivity index (χ0n) is 9.47. The van der Waals surface area contributed by atoms with Crippen molar-refractivity contribution in [3.05, 3.63) is 73.2 Å². The van der Waals surface area contributed by atoms with E-state index in [0.717, 1.165) is 4.90 Å². The Bertz CT molecular complexity index is 456. The standard InChI is InChI=1S/C9H6NO2.C5H5.Fe/c11-8-5-6-9(12)10(8)7-3-1-2-4-7;1-2-4-5-3-1;/h1-6H;1-5H;. The number of hydrogen-bond donors (Lipinski definition) is 0. The van der Waals surface area contributed by atoms with Gasteiger partial charge in [0.15, 0.2) is 0 Å². The summed E-state index contributed by atoms with van der Waals surface area (Å²) in [5, 5.41) is 0. The van der Waals surface area contributed by atoms with Gasteiger partial charge in [0, 0.05) is 47.8 Å². The summed E-state index contributed by atoms with van der Waals surface area (Å²) >= 11 is 0. The van der Waals surface area contributed by atoms with Crippen molar-refractivity contribution in [3.63, 3.8) is 0 Å². The average molecular weight is 281 g/mol. The second-order valence-electron chi connectivity index (χ2n) is 3.45. The second-order valence-corrected chi connectivity index (χ2v) is 3.45. The van der Waals surface area contributed by atoms with Crippen molar-refractivity contribution in [1.82, 2.24) is 4.90 Å². The molecule has 0 aromatic rings. The molecule has 2 radical (unpaired) electrons. The first kappa shape index (κ1) is 14.4. The number of rotatable bonds is 1. The molecule has 3 nitrogen and oxygen atoms in total. The molecule has 4 heteroatoms. The largest absolute Gasteiger partial charge is 0.269 e. The van der Waals surface area contributed by atoms with Crippen LogP contribution in [0.2, 0.25) is 0 Å². The normalized spacial score (nSPS) is 18.9. The maximum Gasteiger partial charge on any atom is 0.257 e. The number of carbonyl (C=O) groups is 2. The van der Waals surface area contributed by atoms with Crippen LogP contribution in [0.3, 0.4) is 0 Å². The Labute approximate surface area is 117 Å². The first-order valence-corrected chi connectivity index (χ1v) is 5.23. The van der Waals surface area contributed by atoms with E-state index in [4.69, 9.17) is 0 Å². The molecule has 3 aliphatic rings. The summed E-state index contributed by atoms with van der Waals surface area (Å²) in [6, 6.07) is 0. The Balaban J connectivity index is 0.000000230. The first-order valence-electron chi connectivity index (χ1n) is 5.23. The zero-order valence-corrected chi connectivity index (χ0v) is 10.6. The fraction of sp³-hybridized carbons (Fsp3) is 0. The summed E-state index contributed by atoms with van der Waals surface area (Å²) in [7, 11) is 0. The molecule has 1 heterocycles. The van der Waals surface area contributed by atoms with Gasteiger partial charge >= 0.3 is 0 Å². The second kappa shape index (κ2) is 6.94. The van der Waals surface area contributed by atoms with Crippen molar-refractivity contribution < 1.29 is 26.7 Å². The summed E-state index contributed by atoms with van der Waals surface area (Å²) in [6.45, 7) is 0. The number of amides is 2. The molecule has 18 heavy (non-hydrogen) atoms. The molecule has 92 valence electrons. The van der Waals surface area contributed by atoms with Gasteiger partial charge in [-0.15, -0.1) is 0 Å². The van der Waals surface area contributed by atoms with Gasteiger partial charge in [0.2, 0.25) is 0 Å². The SMILES string of the molecule is O=C1C=CC(=O)N1C1=CC=C[CH]1.[CH]1C=CC=C1.[Fe]. The summed E-state index contributed by atoms with van der Waals surface area (Å²) in [4.78, 5) is 23.3. The molecule has 0 aromatic heterocycles. The minimum absolute atomic E-state index is 0. The molecular formula is C14H11FeNO2. The third-order valence-electron chi connectivity index (χ3n) is 2.27. The summed E-state index contributed by atoms with van der Waals surface area (Å²) in [5.74, 6) is -0.544. The van der Waals surface area contributed by atoms with E-state index in [1.54, 1.807) is 24.6 Å². The van der Waals surface area contributed by atoms with Crippen LogP contribution in [0.1, 0.15) is 0 Å². The van der Waals surface area contributed by atoms with Gasteiger partial charge in [0.1, 0.15) is 0 Å². The maximum absolute atomic E-state index is 11.1. The zero-order chi connectivity index (χ0) is 12.1. The Hall–Kier alpha value is -1.64. The van der Waals surface area contributed by atoms with Crippen LogP contribution in [0.4, 0.5) is 0 Å². The maximum atomic E-state index is 11.1. The quantitative estimate of drug-likeness (QED) is 0.543. The molecule has 0 atom stereocenters. The molecular weight excluding hydrogens is 270 g/mol. The van der Waals surface area contributed by atoms with Crippen LogP contribution < -0.4 is 0 Å². The molecule has 0 N–H and O–H groups in total. The number of carbonyl (C=O) groups excluding carboxylic acids is 2. The van der Waals surface area contributed by atoms with Crippen molar-refractivity contribution >= 4 is 11.8 Å².